The van der Waals surface area contributed by atoms with Crippen molar-refractivity contribution in [3.63, 3.8) is 0 Å². The molecule has 7 heteroatoms. The van der Waals surface area contributed by atoms with Crippen LogP contribution in [-0.2, 0) is 9.59 Å². The van der Waals surface area contributed by atoms with E-state index in [4.69, 9.17) is 16.6 Å². The molecular formula is C11H22ClN3O3. The molecule has 5 N–H and O–H groups in total. The topological polar surface area (TPSA) is 110 Å². The number of nitrogens with zero attached hydrogens (tertiary/aromatic N) is 1. The fraction of sp³-hybridized carbons (Fsp3) is 0.818. The number of halogens is 1. The number of aliphatic carboxylic acids is 1. The average molecular weight is 280 g/mol. The molecule has 1 amide bonds. The summed E-state index contributed by atoms with van der Waals surface area (Å²) < 4.78 is 0. The maximum Gasteiger partial charge on any atom is 0.326 e. The van der Waals surface area contributed by atoms with Crippen molar-refractivity contribution in [2.45, 2.75) is 44.2 Å². The molecule has 0 aromatic carbocycles. The van der Waals surface area contributed by atoms with E-state index in [-0.39, 0.29) is 18.3 Å². The molecule has 2 atom stereocenters. The number of hydrogen-bond donors (Lipinski definition) is 3. The maximum atomic E-state index is 12.0. The quantitative estimate of drug-likeness (QED) is 0.590. The molecule has 0 unspecified atom stereocenters. The van der Waals surface area contributed by atoms with Crippen LogP contribution in [0.2, 0.25) is 0 Å². The number of nitrogens with two attached hydrogens (primary N) is 2. The normalized spacial score (nSPS) is 20.3. The van der Waals surface area contributed by atoms with Crippen molar-refractivity contribution < 1.29 is 14.7 Å². The Morgan fingerprint density at radius 2 is 2.06 bits per heavy atom. The molecule has 0 aromatic heterocycles. The minimum atomic E-state index is -0.940. The van der Waals surface area contributed by atoms with Gasteiger partial charge >= 0.3 is 5.97 Å². The third-order valence-electron chi connectivity index (χ3n) is 3.11. The summed E-state index contributed by atoms with van der Waals surface area (Å²) in [6, 6.07) is -1.29. The Balaban J connectivity index is 0.00000289. The second-order valence-electron chi connectivity index (χ2n) is 4.42. The number of rotatable bonds is 6. The van der Waals surface area contributed by atoms with Crippen LogP contribution in [0.1, 0.15) is 32.1 Å². The molecule has 1 saturated heterocycles. The third kappa shape index (κ3) is 4.44. The van der Waals surface area contributed by atoms with Crippen LogP contribution in [-0.4, -0.2) is 47.1 Å². The third-order valence-corrected chi connectivity index (χ3v) is 3.11. The van der Waals surface area contributed by atoms with Crippen molar-refractivity contribution in [3.05, 3.63) is 0 Å². The van der Waals surface area contributed by atoms with Crippen molar-refractivity contribution in [2.75, 3.05) is 13.1 Å². The lowest BCUT2D eigenvalue weighted by Gasteiger charge is -2.24. The number of likely N-dealkylation sites (tertiary alicyclic amines) is 1. The molecule has 1 rings (SSSR count). The summed E-state index contributed by atoms with van der Waals surface area (Å²) in [6.07, 6.45) is 3.46. The van der Waals surface area contributed by atoms with Gasteiger partial charge in [-0.1, -0.05) is 6.42 Å². The molecule has 1 heterocycles. The molecule has 106 valence electrons. The number of carboxylic acid groups (broad SMARTS) is 1. The minimum Gasteiger partial charge on any atom is -0.480 e. The molecule has 0 aliphatic carbocycles. The fourth-order valence-electron chi connectivity index (χ4n) is 2.13. The summed E-state index contributed by atoms with van der Waals surface area (Å²) in [5, 5.41) is 8.98. The Hall–Kier alpha value is -0.850. The Morgan fingerprint density at radius 3 is 2.61 bits per heavy atom. The zero-order chi connectivity index (χ0) is 12.8. The summed E-state index contributed by atoms with van der Waals surface area (Å²) in [7, 11) is 0. The van der Waals surface area contributed by atoms with Gasteiger partial charge < -0.3 is 21.5 Å². The van der Waals surface area contributed by atoms with Gasteiger partial charge in [0.15, 0.2) is 0 Å². The Kier molecular flexibility index (Phi) is 7.90. The summed E-state index contributed by atoms with van der Waals surface area (Å²) in [4.78, 5) is 24.3. The van der Waals surface area contributed by atoms with Gasteiger partial charge in [0.2, 0.25) is 5.91 Å². The van der Waals surface area contributed by atoms with Crippen LogP contribution in [0.4, 0.5) is 0 Å². The highest BCUT2D eigenvalue weighted by Gasteiger charge is 2.35. The van der Waals surface area contributed by atoms with Gasteiger partial charge in [-0.05, 0) is 32.2 Å². The first kappa shape index (κ1) is 17.2. The molecule has 0 bridgehead atoms. The van der Waals surface area contributed by atoms with Gasteiger partial charge in [-0.3, -0.25) is 4.79 Å². The van der Waals surface area contributed by atoms with Gasteiger partial charge in [0, 0.05) is 6.54 Å². The monoisotopic (exact) mass is 279 g/mol. The molecule has 18 heavy (non-hydrogen) atoms. The highest BCUT2D eigenvalue weighted by molar-refractivity contribution is 5.87. The van der Waals surface area contributed by atoms with Gasteiger partial charge in [0.05, 0.1) is 6.04 Å². The summed E-state index contributed by atoms with van der Waals surface area (Å²) in [5.74, 6) is -1.18. The Bertz CT molecular complexity index is 289. The first-order chi connectivity index (χ1) is 8.07. The van der Waals surface area contributed by atoms with Crippen molar-refractivity contribution in [3.8, 4) is 0 Å². The Labute approximate surface area is 113 Å². The Morgan fingerprint density at radius 1 is 1.39 bits per heavy atom. The van der Waals surface area contributed by atoms with Crippen LogP contribution in [0.25, 0.3) is 0 Å². The van der Waals surface area contributed by atoms with Crippen LogP contribution >= 0.6 is 12.4 Å². The fourth-order valence-corrected chi connectivity index (χ4v) is 2.13. The van der Waals surface area contributed by atoms with Crippen molar-refractivity contribution in [2.24, 2.45) is 11.5 Å². The lowest BCUT2D eigenvalue weighted by Crippen LogP contribution is -2.48. The molecule has 0 saturated carbocycles. The molecule has 1 aliphatic rings. The number of carbonyl (C=O) groups excluding carboxylic acids is 1. The van der Waals surface area contributed by atoms with Gasteiger partial charge in [0.1, 0.15) is 6.04 Å². The van der Waals surface area contributed by atoms with Crippen LogP contribution in [0, 0.1) is 0 Å². The standard InChI is InChI=1S/C11H21N3O3.ClH/c12-6-2-1-4-8(13)10(15)14-7-3-5-9(14)11(16)17;/h8-9H,1-7,12-13H2,(H,16,17);1H/t8-,9-;/m0./s1. The molecule has 0 radical (unpaired) electrons. The molecule has 0 aromatic rings. The molecule has 1 aliphatic heterocycles. The van der Waals surface area contributed by atoms with Gasteiger partial charge in [-0.15, -0.1) is 12.4 Å². The first-order valence-corrected chi connectivity index (χ1v) is 6.07. The lowest BCUT2D eigenvalue weighted by atomic mass is 10.1. The van der Waals surface area contributed by atoms with E-state index >= 15 is 0 Å². The van der Waals surface area contributed by atoms with Crippen LogP contribution in [0.5, 0.6) is 0 Å². The van der Waals surface area contributed by atoms with E-state index in [9.17, 15) is 9.59 Å². The van der Waals surface area contributed by atoms with Crippen LogP contribution in [0.3, 0.4) is 0 Å². The van der Waals surface area contributed by atoms with Gasteiger partial charge in [-0.25, -0.2) is 4.79 Å². The number of carboxylic acids is 1. The highest BCUT2D eigenvalue weighted by Crippen LogP contribution is 2.19. The predicted molar refractivity (Wildman–Crippen MR) is 70.5 cm³/mol. The van der Waals surface area contributed by atoms with Crippen LogP contribution < -0.4 is 11.5 Å². The van der Waals surface area contributed by atoms with Crippen molar-refractivity contribution in [1.82, 2.24) is 4.90 Å². The molecule has 0 spiro atoms. The van der Waals surface area contributed by atoms with E-state index in [0.717, 1.165) is 19.3 Å². The smallest absolute Gasteiger partial charge is 0.326 e. The predicted octanol–water partition coefficient (Wildman–Crippen LogP) is -0.0599. The second kappa shape index (κ2) is 8.29. The second-order valence-corrected chi connectivity index (χ2v) is 4.42. The summed E-state index contributed by atoms with van der Waals surface area (Å²) in [5.41, 5.74) is 11.1. The number of amides is 1. The van der Waals surface area contributed by atoms with E-state index in [1.54, 1.807) is 0 Å². The number of carbonyl (C=O) groups is 2. The molecule has 6 nitrogen and oxygen atoms in total. The number of unbranched alkanes of at least 4 members (excludes halogenated alkanes) is 1. The van der Waals surface area contributed by atoms with E-state index in [0.29, 0.717) is 25.9 Å². The minimum absolute atomic E-state index is 0. The van der Waals surface area contributed by atoms with E-state index < -0.39 is 18.1 Å². The zero-order valence-electron chi connectivity index (χ0n) is 10.4. The highest BCUT2D eigenvalue weighted by atomic mass is 35.5. The van der Waals surface area contributed by atoms with Gasteiger partial charge in [0.25, 0.3) is 0 Å². The summed E-state index contributed by atoms with van der Waals surface area (Å²) in [6.45, 7) is 1.09. The zero-order valence-corrected chi connectivity index (χ0v) is 11.2. The largest absolute Gasteiger partial charge is 0.480 e. The van der Waals surface area contributed by atoms with E-state index in [2.05, 4.69) is 0 Å². The number of hydrogen-bond acceptors (Lipinski definition) is 4. The molecular weight excluding hydrogens is 258 g/mol. The average Bonchev–Trinajstić information content (AvgIpc) is 2.77. The molecule has 1 fully saturated rings. The summed E-state index contributed by atoms with van der Waals surface area (Å²) >= 11 is 0. The SMILES string of the molecule is Cl.NCCCC[C@H](N)C(=O)N1CCC[C@H]1C(=O)O. The van der Waals surface area contributed by atoms with E-state index in [1.807, 2.05) is 0 Å². The first-order valence-electron chi connectivity index (χ1n) is 6.07. The lowest BCUT2D eigenvalue weighted by molar-refractivity contribution is -0.148. The van der Waals surface area contributed by atoms with Gasteiger partial charge in [-0.2, -0.15) is 0 Å². The van der Waals surface area contributed by atoms with Crippen LogP contribution in [0.15, 0.2) is 0 Å². The van der Waals surface area contributed by atoms with Crippen molar-refractivity contribution in [1.29, 1.82) is 0 Å². The maximum absolute atomic E-state index is 12.0. The van der Waals surface area contributed by atoms with E-state index in [1.165, 1.54) is 4.90 Å². The van der Waals surface area contributed by atoms with Crippen molar-refractivity contribution >= 4 is 24.3 Å².